The molecule has 0 unspecified atom stereocenters. The highest BCUT2D eigenvalue weighted by atomic mass is 16.2. The molecule has 0 radical (unpaired) electrons. The molecule has 0 spiro atoms. The number of anilines is 1. The van der Waals surface area contributed by atoms with E-state index in [0.717, 1.165) is 42.7 Å². The zero-order valence-corrected chi connectivity index (χ0v) is 20.0. The van der Waals surface area contributed by atoms with E-state index in [9.17, 15) is 14.4 Å². The van der Waals surface area contributed by atoms with Crippen molar-refractivity contribution in [3.8, 4) is 0 Å². The van der Waals surface area contributed by atoms with E-state index >= 15 is 0 Å². The molecule has 2 aliphatic rings. The number of carbonyl (C=O) groups is 3. The van der Waals surface area contributed by atoms with Crippen molar-refractivity contribution in [2.75, 3.05) is 31.5 Å². The largest absolute Gasteiger partial charge is 0.341 e. The molecule has 4 amide bonds. The van der Waals surface area contributed by atoms with Crippen LogP contribution in [-0.4, -0.2) is 59.9 Å². The van der Waals surface area contributed by atoms with Gasteiger partial charge in [-0.25, -0.2) is 4.79 Å². The summed E-state index contributed by atoms with van der Waals surface area (Å²) in [6, 6.07) is 14.4. The summed E-state index contributed by atoms with van der Waals surface area (Å²) in [7, 11) is 0. The lowest BCUT2D eigenvalue weighted by Crippen LogP contribution is -2.54. The smallest absolute Gasteiger partial charge is 0.321 e. The van der Waals surface area contributed by atoms with Crippen molar-refractivity contribution in [2.45, 2.75) is 45.6 Å². The highest BCUT2D eigenvalue weighted by Gasteiger charge is 2.36. The maximum Gasteiger partial charge on any atom is 0.321 e. The molecule has 0 bridgehead atoms. The molecular formula is C27H34N4O3. The van der Waals surface area contributed by atoms with Gasteiger partial charge in [-0.15, -0.1) is 0 Å². The highest BCUT2D eigenvalue weighted by Crippen LogP contribution is 2.25. The number of carbonyl (C=O) groups excluding carboxylic acids is 3. The number of nitrogens with zero attached hydrogens (tertiary/aromatic N) is 2. The number of hydrogen-bond donors (Lipinski definition) is 2. The van der Waals surface area contributed by atoms with Crippen molar-refractivity contribution in [1.82, 2.24) is 15.1 Å². The molecule has 7 heteroatoms. The standard InChI is InChI=1S/C27H34N4O3/c1-19-5-9-22(10-6-19)25(32)29-24(26(33)30-15-3-4-16-30)21-13-17-31(18-14-21)27(34)28-23-11-7-20(2)8-12-23/h5-12,21,24H,3-4,13-18H2,1-2H3,(H,28,34)(H,29,32)/t24-/m1/s1. The Morgan fingerprint density at radius 2 is 1.35 bits per heavy atom. The van der Waals surface area contributed by atoms with E-state index in [4.69, 9.17) is 0 Å². The number of benzene rings is 2. The molecule has 34 heavy (non-hydrogen) atoms. The van der Waals surface area contributed by atoms with Crippen LogP contribution in [0, 0.1) is 19.8 Å². The quantitative estimate of drug-likeness (QED) is 0.706. The normalized spacial score (nSPS) is 17.4. The highest BCUT2D eigenvalue weighted by molar-refractivity contribution is 5.97. The second-order valence-electron chi connectivity index (χ2n) is 9.47. The van der Waals surface area contributed by atoms with Crippen molar-refractivity contribution in [1.29, 1.82) is 0 Å². The van der Waals surface area contributed by atoms with E-state index in [1.165, 1.54) is 0 Å². The SMILES string of the molecule is Cc1ccc(NC(=O)N2CCC([C@@H](NC(=O)c3ccc(C)cc3)C(=O)N3CCCC3)CC2)cc1. The van der Waals surface area contributed by atoms with Crippen LogP contribution in [0.5, 0.6) is 0 Å². The summed E-state index contributed by atoms with van der Waals surface area (Å²) >= 11 is 0. The number of piperidine rings is 1. The third-order valence-electron chi connectivity index (χ3n) is 6.89. The predicted octanol–water partition coefficient (Wildman–Crippen LogP) is 3.97. The lowest BCUT2D eigenvalue weighted by atomic mass is 9.88. The number of rotatable bonds is 5. The summed E-state index contributed by atoms with van der Waals surface area (Å²) in [5.74, 6) is -0.233. The van der Waals surface area contributed by atoms with E-state index in [2.05, 4.69) is 10.6 Å². The van der Waals surface area contributed by atoms with Gasteiger partial charge in [-0.2, -0.15) is 0 Å². The molecule has 2 aromatic carbocycles. The molecule has 2 N–H and O–H groups in total. The van der Waals surface area contributed by atoms with Gasteiger partial charge in [0.2, 0.25) is 5.91 Å². The van der Waals surface area contributed by atoms with Crippen LogP contribution in [-0.2, 0) is 4.79 Å². The maximum absolute atomic E-state index is 13.4. The van der Waals surface area contributed by atoms with E-state index in [0.29, 0.717) is 31.5 Å². The van der Waals surface area contributed by atoms with E-state index in [1.807, 2.05) is 55.1 Å². The molecule has 4 rings (SSSR count). The molecule has 180 valence electrons. The van der Waals surface area contributed by atoms with Gasteiger partial charge in [0.25, 0.3) is 5.91 Å². The second kappa shape index (κ2) is 10.7. The lowest BCUT2D eigenvalue weighted by molar-refractivity contribution is -0.134. The van der Waals surface area contributed by atoms with Gasteiger partial charge in [-0.1, -0.05) is 35.4 Å². The van der Waals surface area contributed by atoms with E-state index in [-0.39, 0.29) is 23.8 Å². The number of urea groups is 1. The van der Waals surface area contributed by atoms with Gasteiger partial charge in [-0.3, -0.25) is 9.59 Å². The minimum absolute atomic E-state index is 0.000480. The Balaban J connectivity index is 1.40. The van der Waals surface area contributed by atoms with Crippen molar-refractivity contribution < 1.29 is 14.4 Å². The lowest BCUT2D eigenvalue weighted by Gasteiger charge is -2.37. The average Bonchev–Trinajstić information content (AvgIpc) is 3.39. The minimum Gasteiger partial charge on any atom is -0.341 e. The summed E-state index contributed by atoms with van der Waals surface area (Å²) in [5, 5.41) is 5.99. The topological polar surface area (TPSA) is 81.8 Å². The van der Waals surface area contributed by atoms with Crippen LogP contribution < -0.4 is 10.6 Å². The van der Waals surface area contributed by atoms with Crippen LogP contribution in [0.3, 0.4) is 0 Å². The zero-order chi connectivity index (χ0) is 24.1. The van der Waals surface area contributed by atoms with Crippen LogP contribution in [0.2, 0.25) is 0 Å². The Bertz CT molecular complexity index is 1010. The zero-order valence-electron chi connectivity index (χ0n) is 20.0. The van der Waals surface area contributed by atoms with Gasteiger partial charge in [0.1, 0.15) is 6.04 Å². The van der Waals surface area contributed by atoms with Gasteiger partial charge in [-0.05, 0) is 69.7 Å². The molecular weight excluding hydrogens is 428 g/mol. The number of amides is 4. The first-order valence-electron chi connectivity index (χ1n) is 12.2. The van der Waals surface area contributed by atoms with E-state index < -0.39 is 6.04 Å². The van der Waals surface area contributed by atoms with Crippen LogP contribution >= 0.6 is 0 Å². The Morgan fingerprint density at radius 3 is 1.94 bits per heavy atom. The van der Waals surface area contributed by atoms with Crippen LogP contribution in [0.1, 0.15) is 47.2 Å². The average molecular weight is 463 g/mol. The fraction of sp³-hybridized carbons (Fsp3) is 0.444. The molecule has 7 nitrogen and oxygen atoms in total. The summed E-state index contributed by atoms with van der Waals surface area (Å²) in [6.07, 6.45) is 3.34. The first-order valence-corrected chi connectivity index (χ1v) is 12.2. The molecule has 0 saturated carbocycles. The van der Waals surface area contributed by atoms with E-state index in [1.54, 1.807) is 17.0 Å². The summed E-state index contributed by atoms with van der Waals surface area (Å²) in [4.78, 5) is 42.7. The maximum atomic E-state index is 13.4. The van der Waals surface area contributed by atoms with Crippen molar-refractivity contribution >= 4 is 23.5 Å². The number of hydrogen-bond acceptors (Lipinski definition) is 3. The monoisotopic (exact) mass is 462 g/mol. The first-order chi connectivity index (χ1) is 16.4. The van der Waals surface area contributed by atoms with Crippen molar-refractivity contribution in [3.05, 3.63) is 65.2 Å². The molecule has 0 aliphatic carbocycles. The Morgan fingerprint density at radius 1 is 0.794 bits per heavy atom. The second-order valence-corrected chi connectivity index (χ2v) is 9.47. The molecule has 1 atom stereocenters. The van der Waals surface area contributed by atoms with Crippen LogP contribution in [0.15, 0.2) is 48.5 Å². The van der Waals surface area contributed by atoms with Gasteiger partial charge >= 0.3 is 6.03 Å². The van der Waals surface area contributed by atoms with Crippen LogP contribution in [0.25, 0.3) is 0 Å². The third-order valence-corrected chi connectivity index (χ3v) is 6.89. The van der Waals surface area contributed by atoms with Crippen molar-refractivity contribution in [2.24, 2.45) is 5.92 Å². The van der Waals surface area contributed by atoms with Gasteiger partial charge in [0, 0.05) is 37.4 Å². The minimum atomic E-state index is -0.575. The predicted molar refractivity (Wildman–Crippen MR) is 133 cm³/mol. The molecule has 2 fully saturated rings. The number of likely N-dealkylation sites (tertiary alicyclic amines) is 2. The van der Waals surface area contributed by atoms with Crippen molar-refractivity contribution in [3.63, 3.8) is 0 Å². The molecule has 2 saturated heterocycles. The Labute approximate surface area is 201 Å². The van der Waals surface area contributed by atoms with Gasteiger partial charge < -0.3 is 20.4 Å². The Kier molecular flexibility index (Phi) is 7.50. The summed E-state index contributed by atoms with van der Waals surface area (Å²) in [5.41, 5.74) is 3.54. The molecule has 2 aliphatic heterocycles. The molecule has 2 heterocycles. The summed E-state index contributed by atoms with van der Waals surface area (Å²) in [6.45, 7) is 6.57. The molecule has 2 aromatic rings. The fourth-order valence-electron chi connectivity index (χ4n) is 4.72. The fourth-order valence-corrected chi connectivity index (χ4v) is 4.72. The summed E-state index contributed by atoms with van der Waals surface area (Å²) < 4.78 is 0. The van der Waals surface area contributed by atoms with Gasteiger partial charge in [0.05, 0.1) is 0 Å². The van der Waals surface area contributed by atoms with Gasteiger partial charge in [0.15, 0.2) is 0 Å². The number of aryl methyl sites for hydroxylation is 2. The third kappa shape index (κ3) is 5.76. The first kappa shape index (κ1) is 23.8. The van der Waals surface area contributed by atoms with Crippen LogP contribution in [0.4, 0.5) is 10.5 Å². The molecule has 0 aromatic heterocycles. The Hall–Kier alpha value is -3.35. The number of nitrogens with one attached hydrogen (secondary N) is 2.